The molecule has 6 heteroatoms. The van der Waals surface area contributed by atoms with Gasteiger partial charge in [-0.1, -0.05) is 6.42 Å². The van der Waals surface area contributed by atoms with E-state index in [-0.39, 0.29) is 0 Å². The zero-order valence-corrected chi connectivity index (χ0v) is 15.6. The quantitative estimate of drug-likeness (QED) is 0.629. The molecule has 136 valence electrons. The molecule has 0 aliphatic heterocycles. The van der Waals surface area contributed by atoms with Crippen LogP contribution < -0.4 is 4.74 Å². The normalized spacial score (nSPS) is 20.5. The molecule has 3 aromatic heterocycles. The summed E-state index contributed by atoms with van der Waals surface area (Å²) in [7, 11) is 0. The third kappa shape index (κ3) is 3.00. The van der Waals surface area contributed by atoms with Gasteiger partial charge in [-0.05, 0) is 56.4 Å². The third-order valence-corrected chi connectivity index (χ3v) is 6.89. The predicted molar refractivity (Wildman–Crippen MR) is 101 cm³/mol. The van der Waals surface area contributed by atoms with Crippen molar-refractivity contribution in [3.63, 3.8) is 0 Å². The topological polar surface area (TPSA) is 61.0 Å². The zero-order valence-electron chi connectivity index (χ0n) is 14.8. The van der Waals surface area contributed by atoms with Crippen LogP contribution in [0.1, 0.15) is 67.2 Å². The molecule has 1 atom stereocenters. The third-order valence-electron chi connectivity index (χ3n) is 5.72. The highest BCUT2D eigenvalue weighted by Crippen LogP contribution is 2.47. The number of rotatable bonds is 5. The Morgan fingerprint density at radius 3 is 2.88 bits per heavy atom. The van der Waals surface area contributed by atoms with Crippen LogP contribution in [0.3, 0.4) is 0 Å². The SMILES string of the molecule is c1coc(CC[C@H]2CCc3sc4ncnc(OC5CCCCC5)c4c32)n1. The maximum atomic E-state index is 6.38. The van der Waals surface area contributed by atoms with Gasteiger partial charge in [-0.2, -0.15) is 0 Å². The molecule has 0 saturated heterocycles. The van der Waals surface area contributed by atoms with Crippen molar-refractivity contribution in [3.05, 3.63) is 35.1 Å². The molecule has 0 spiro atoms. The molecule has 2 aliphatic carbocycles. The van der Waals surface area contributed by atoms with E-state index in [1.165, 1.54) is 41.5 Å². The largest absolute Gasteiger partial charge is 0.474 e. The molecular formula is C20H23N3O2S. The number of ether oxygens (including phenoxy) is 1. The highest BCUT2D eigenvalue weighted by molar-refractivity contribution is 7.19. The Bertz CT molecular complexity index is 884. The molecule has 2 aliphatic rings. The average molecular weight is 369 g/mol. The highest BCUT2D eigenvalue weighted by Gasteiger charge is 2.30. The van der Waals surface area contributed by atoms with Crippen molar-refractivity contribution in [1.82, 2.24) is 15.0 Å². The van der Waals surface area contributed by atoms with Gasteiger partial charge in [0.25, 0.3) is 0 Å². The van der Waals surface area contributed by atoms with Crippen molar-refractivity contribution in [3.8, 4) is 5.88 Å². The van der Waals surface area contributed by atoms with E-state index in [0.717, 1.165) is 48.7 Å². The van der Waals surface area contributed by atoms with E-state index in [2.05, 4.69) is 15.0 Å². The number of nitrogens with zero attached hydrogens (tertiary/aromatic N) is 3. The van der Waals surface area contributed by atoms with Gasteiger partial charge in [-0.25, -0.2) is 15.0 Å². The minimum absolute atomic E-state index is 0.310. The van der Waals surface area contributed by atoms with E-state index in [1.54, 1.807) is 18.8 Å². The van der Waals surface area contributed by atoms with E-state index in [9.17, 15) is 0 Å². The monoisotopic (exact) mass is 369 g/mol. The first-order valence-corrected chi connectivity index (χ1v) is 10.5. The smallest absolute Gasteiger partial charge is 0.225 e. The predicted octanol–water partition coefficient (Wildman–Crippen LogP) is 5.05. The maximum Gasteiger partial charge on any atom is 0.225 e. The fraction of sp³-hybridized carbons (Fsp3) is 0.550. The van der Waals surface area contributed by atoms with Crippen molar-refractivity contribution in [2.75, 3.05) is 0 Å². The van der Waals surface area contributed by atoms with E-state index in [0.29, 0.717) is 12.0 Å². The van der Waals surface area contributed by atoms with Crippen molar-refractivity contribution >= 4 is 21.6 Å². The van der Waals surface area contributed by atoms with E-state index in [4.69, 9.17) is 9.15 Å². The second-order valence-corrected chi connectivity index (χ2v) is 8.46. The van der Waals surface area contributed by atoms with Gasteiger partial charge in [0.05, 0.1) is 11.6 Å². The van der Waals surface area contributed by atoms with Gasteiger partial charge in [0, 0.05) is 11.3 Å². The van der Waals surface area contributed by atoms with E-state index in [1.807, 2.05) is 11.3 Å². The molecule has 1 saturated carbocycles. The lowest BCUT2D eigenvalue weighted by atomic mass is 9.95. The van der Waals surface area contributed by atoms with Crippen LogP contribution in [0.15, 0.2) is 23.2 Å². The number of aromatic nitrogens is 3. The van der Waals surface area contributed by atoms with E-state index < -0.39 is 0 Å². The Labute approximate surface area is 156 Å². The number of fused-ring (bicyclic) bond motifs is 3. The summed E-state index contributed by atoms with van der Waals surface area (Å²) in [6.45, 7) is 0. The van der Waals surface area contributed by atoms with Crippen LogP contribution in [-0.2, 0) is 12.8 Å². The summed E-state index contributed by atoms with van der Waals surface area (Å²) >= 11 is 1.82. The van der Waals surface area contributed by atoms with Gasteiger partial charge < -0.3 is 9.15 Å². The van der Waals surface area contributed by atoms with Crippen LogP contribution in [0.4, 0.5) is 0 Å². The van der Waals surface area contributed by atoms with Crippen LogP contribution in [0.5, 0.6) is 5.88 Å². The first kappa shape index (κ1) is 16.2. The van der Waals surface area contributed by atoms with Crippen LogP contribution in [-0.4, -0.2) is 21.1 Å². The summed E-state index contributed by atoms with van der Waals surface area (Å²) < 4.78 is 11.8. The minimum Gasteiger partial charge on any atom is -0.474 e. The fourth-order valence-electron chi connectivity index (χ4n) is 4.43. The number of aryl methyl sites for hydroxylation is 2. The molecule has 0 N–H and O–H groups in total. The molecule has 3 aromatic rings. The van der Waals surface area contributed by atoms with Gasteiger partial charge in [0.1, 0.15) is 23.5 Å². The summed E-state index contributed by atoms with van der Waals surface area (Å²) in [5.41, 5.74) is 1.43. The van der Waals surface area contributed by atoms with Crippen LogP contribution in [0.2, 0.25) is 0 Å². The summed E-state index contributed by atoms with van der Waals surface area (Å²) in [6.07, 6.45) is 15.7. The Morgan fingerprint density at radius 1 is 1.12 bits per heavy atom. The molecule has 0 unspecified atom stereocenters. The van der Waals surface area contributed by atoms with Crippen LogP contribution in [0.25, 0.3) is 10.2 Å². The van der Waals surface area contributed by atoms with Crippen molar-refractivity contribution < 1.29 is 9.15 Å². The second kappa shape index (κ2) is 6.99. The van der Waals surface area contributed by atoms with Gasteiger partial charge in [0.2, 0.25) is 5.88 Å². The van der Waals surface area contributed by atoms with Gasteiger partial charge in [-0.3, -0.25) is 0 Å². The standard InChI is InChI=1S/C20H23N3O2S/c1-2-4-14(5-3-1)25-19-18-17-13(7-9-16-21-10-11-24-16)6-8-15(17)26-20(18)23-12-22-19/h10-14H,1-9H2/t13-/m1/s1. The second-order valence-electron chi connectivity index (χ2n) is 7.38. The van der Waals surface area contributed by atoms with Crippen molar-refractivity contribution in [1.29, 1.82) is 0 Å². The Balaban J connectivity index is 1.44. The van der Waals surface area contributed by atoms with Crippen molar-refractivity contribution in [2.45, 2.75) is 69.8 Å². The summed E-state index contributed by atoms with van der Waals surface area (Å²) in [6, 6.07) is 0. The first-order valence-electron chi connectivity index (χ1n) is 9.70. The zero-order chi connectivity index (χ0) is 17.3. The van der Waals surface area contributed by atoms with E-state index >= 15 is 0 Å². The summed E-state index contributed by atoms with van der Waals surface area (Å²) in [5.74, 6) is 2.15. The molecule has 0 aromatic carbocycles. The van der Waals surface area contributed by atoms with Crippen LogP contribution >= 0.6 is 11.3 Å². The molecule has 1 fully saturated rings. The number of hydrogen-bond acceptors (Lipinski definition) is 6. The summed E-state index contributed by atoms with van der Waals surface area (Å²) in [4.78, 5) is 15.9. The molecule has 5 rings (SSSR count). The number of oxazole rings is 1. The van der Waals surface area contributed by atoms with Gasteiger partial charge in [-0.15, -0.1) is 11.3 Å². The molecule has 0 amide bonds. The number of thiophene rings is 1. The molecular weight excluding hydrogens is 346 g/mol. The molecule has 3 heterocycles. The Morgan fingerprint density at radius 2 is 2.04 bits per heavy atom. The number of hydrogen-bond donors (Lipinski definition) is 0. The Kier molecular flexibility index (Phi) is 4.36. The maximum absolute atomic E-state index is 6.38. The summed E-state index contributed by atoms with van der Waals surface area (Å²) in [5, 5.41) is 1.17. The lowest BCUT2D eigenvalue weighted by Gasteiger charge is -2.23. The molecule has 26 heavy (non-hydrogen) atoms. The Hall–Kier alpha value is -1.95. The highest BCUT2D eigenvalue weighted by atomic mass is 32.1. The lowest BCUT2D eigenvalue weighted by Crippen LogP contribution is -2.20. The van der Waals surface area contributed by atoms with Gasteiger partial charge >= 0.3 is 0 Å². The fourth-order valence-corrected chi connectivity index (χ4v) is 5.66. The van der Waals surface area contributed by atoms with Crippen molar-refractivity contribution in [2.24, 2.45) is 0 Å². The molecule has 0 radical (unpaired) electrons. The molecule has 0 bridgehead atoms. The lowest BCUT2D eigenvalue weighted by molar-refractivity contribution is 0.150. The molecule has 5 nitrogen and oxygen atoms in total. The van der Waals surface area contributed by atoms with Gasteiger partial charge in [0.15, 0.2) is 5.89 Å². The van der Waals surface area contributed by atoms with Crippen LogP contribution in [0, 0.1) is 0 Å². The first-order chi connectivity index (χ1) is 12.9. The average Bonchev–Trinajstić information content (AvgIpc) is 3.38. The minimum atomic E-state index is 0.310.